The number of thiophene rings is 1. The predicted molar refractivity (Wildman–Crippen MR) is 182 cm³/mol. The van der Waals surface area contributed by atoms with Crippen LogP contribution in [0.5, 0.6) is 5.75 Å². The molecule has 0 fully saturated rings. The molecular formula is C37H36F3N5O2S. The average Bonchev–Trinajstić information content (AvgIpc) is 3.70. The Labute approximate surface area is 281 Å². The molecule has 0 atom stereocenters. The molecule has 0 aliphatic carbocycles. The van der Waals surface area contributed by atoms with Crippen LogP contribution < -0.4 is 4.74 Å². The second-order valence-electron chi connectivity index (χ2n) is 12.9. The van der Waals surface area contributed by atoms with Gasteiger partial charge in [-0.15, -0.1) is 11.3 Å². The standard InChI is InChI=1S/C37H36F3N5O2S/c1-20(2)43-10-8-23-14-24(6-7-25(23)18-43)34-28-9-13-48-36(28)33(32-29(40)15-26(39)16-31(32)47-21(3)4)35(41-34)30-17-27-19-44(37(46)22(5)38)11-12-45(27)42-30/h6-7,9,13-17,20-21H,5,8,10-12,18-19H2,1-4H3. The lowest BCUT2D eigenvalue weighted by atomic mass is 9.93. The molecule has 0 radical (unpaired) electrons. The lowest BCUT2D eigenvalue weighted by Gasteiger charge is -2.32. The van der Waals surface area contributed by atoms with Crippen molar-refractivity contribution in [2.75, 3.05) is 13.1 Å². The number of halogens is 3. The van der Waals surface area contributed by atoms with Gasteiger partial charge in [-0.25, -0.2) is 18.2 Å². The number of fused-ring (bicyclic) bond motifs is 3. The predicted octanol–water partition coefficient (Wildman–Crippen LogP) is 8.15. The van der Waals surface area contributed by atoms with E-state index in [1.807, 2.05) is 11.4 Å². The molecule has 7 nitrogen and oxygen atoms in total. The molecule has 0 spiro atoms. The lowest BCUT2D eigenvalue weighted by Crippen LogP contribution is -2.38. The summed E-state index contributed by atoms with van der Waals surface area (Å²) in [4.78, 5) is 21.5. The maximum Gasteiger partial charge on any atom is 0.282 e. The summed E-state index contributed by atoms with van der Waals surface area (Å²) in [6.45, 7) is 13.8. The number of nitrogens with zero attached hydrogens (tertiary/aromatic N) is 5. The molecule has 11 heteroatoms. The molecule has 2 aliphatic rings. The fourth-order valence-electron chi connectivity index (χ4n) is 6.69. The largest absolute Gasteiger partial charge is 0.490 e. The minimum absolute atomic E-state index is 0.0682. The van der Waals surface area contributed by atoms with Crippen molar-refractivity contribution in [2.24, 2.45) is 0 Å². The Morgan fingerprint density at radius 3 is 2.52 bits per heavy atom. The van der Waals surface area contributed by atoms with Gasteiger partial charge in [-0.3, -0.25) is 14.4 Å². The van der Waals surface area contributed by atoms with Gasteiger partial charge in [0.2, 0.25) is 0 Å². The van der Waals surface area contributed by atoms with Crippen LogP contribution in [-0.4, -0.2) is 55.7 Å². The highest BCUT2D eigenvalue weighted by atomic mass is 32.1. The number of benzene rings is 2. The Morgan fingerprint density at radius 1 is 0.958 bits per heavy atom. The van der Waals surface area contributed by atoms with Crippen LogP contribution in [0.25, 0.3) is 43.9 Å². The number of amides is 1. The molecule has 0 saturated carbocycles. The van der Waals surface area contributed by atoms with E-state index in [-0.39, 0.29) is 30.5 Å². The summed E-state index contributed by atoms with van der Waals surface area (Å²) in [5, 5.41) is 7.64. The van der Waals surface area contributed by atoms with E-state index in [1.165, 1.54) is 33.4 Å². The van der Waals surface area contributed by atoms with E-state index >= 15 is 4.39 Å². The van der Waals surface area contributed by atoms with E-state index in [2.05, 4.69) is 43.5 Å². The average molecular weight is 672 g/mol. The number of carbonyl (C=O) groups is 1. The van der Waals surface area contributed by atoms with Gasteiger partial charge in [0.25, 0.3) is 5.91 Å². The van der Waals surface area contributed by atoms with E-state index in [1.54, 1.807) is 24.6 Å². The van der Waals surface area contributed by atoms with Gasteiger partial charge in [0.1, 0.15) is 28.8 Å². The zero-order chi connectivity index (χ0) is 33.9. The number of pyridine rings is 1. The smallest absolute Gasteiger partial charge is 0.282 e. The lowest BCUT2D eigenvalue weighted by molar-refractivity contribution is -0.130. The first-order valence-corrected chi connectivity index (χ1v) is 17.0. The van der Waals surface area contributed by atoms with Gasteiger partial charge in [-0.2, -0.15) is 5.10 Å². The minimum Gasteiger partial charge on any atom is -0.490 e. The monoisotopic (exact) mass is 671 g/mol. The summed E-state index contributed by atoms with van der Waals surface area (Å²) < 4.78 is 53.0. The highest BCUT2D eigenvalue weighted by molar-refractivity contribution is 7.18. The van der Waals surface area contributed by atoms with E-state index in [0.717, 1.165) is 46.9 Å². The van der Waals surface area contributed by atoms with Gasteiger partial charge in [-0.1, -0.05) is 18.7 Å². The fraction of sp³-hybridized carbons (Fsp3) is 0.324. The summed E-state index contributed by atoms with van der Waals surface area (Å²) in [6.07, 6.45) is 0.569. The first kappa shape index (κ1) is 32.1. The molecule has 248 valence electrons. The van der Waals surface area contributed by atoms with E-state index in [4.69, 9.17) is 14.8 Å². The number of ether oxygens (including phenoxy) is 1. The molecule has 48 heavy (non-hydrogen) atoms. The van der Waals surface area contributed by atoms with Crippen molar-refractivity contribution in [3.8, 4) is 39.5 Å². The van der Waals surface area contributed by atoms with Crippen LogP contribution in [0.4, 0.5) is 13.2 Å². The van der Waals surface area contributed by atoms with Crippen LogP contribution in [0, 0.1) is 11.6 Å². The van der Waals surface area contributed by atoms with Gasteiger partial charge in [0, 0.05) is 59.0 Å². The maximum absolute atomic E-state index is 16.1. The Kier molecular flexibility index (Phi) is 8.37. The topological polar surface area (TPSA) is 63.5 Å². The van der Waals surface area contributed by atoms with Crippen molar-refractivity contribution in [3.63, 3.8) is 0 Å². The van der Waals surface area contributed by atoms with Crippen molar-refractivity contribution in [2.45, 2.75) is 65.9 Å². The Hall–Kier alpha value is -4.48. The molecule has 0 unspecified atom stereocenters. The quantitative estimate of drug-likeness (QED) is 0.164. The maximum atomic E-state index is 16.1. The van der Waals surface area contributed by atoms with E-state index in [9.17, 15) is 13.6 Å². The number of rotatable bonds is 7. The Morgan fingerprint density at radius 2 is 1.77 bits per heavy atom. The third-order valence-electron chi connectivity index (χ3n) is 9.05. The third-order valence-corrected chi connectivity index (χ3v) is 9.98. The second-order valence-corrected chi connectivity index (χ2v) is 13.9. The van der Waals surface area contributed by atoms with Crippen LogP contribution in [-0.2, 0) is 30.8 Å². The van der Waals surface area contributed by atoms with Crippen LogP contribution in [0.1, 0.15) is 44.5 Å². The van der Waals surface area contributed by atoms with Gasteiger partial charge < -0.3 is 9.64 Å². The summed E-state index contributed by atoms with van der Waals surface area (Å²) in [5.41, 5.74) is 6.30. The van der Waals surface area contributed by atoms with Crippen molar-refractivity contribution in [1.29, 1.82) is 0 Å². The normalized spacial score (nSPS) is 14.9. The number of hydrogen-bond donors (Lipinski definition) is 0. The molecule has 3 aromatic heterocycles. The first-order chi connectivity index (χ1) is 23.0. The molecule has 2 aromatic carbocycles. The van der Waals surface area contributed by atoms with Crippen molar-refractivity contribution >= 4 is 27.3 Å². The number of carbonyl (C=O) groups excluding carboxylic acids is 1. The first-order valence-electron chi connectivity index (χ1n) is 16.1. The van der Waals surface area contributed by atoms with Gasteiger partial charge in [-0.05, 0) is 68.8 Å². The minimum atomic E-state index is -1.02. The summed E-state index contributed by atoms with van der Waals surface area (Å²) >= 11 is 1.44. The zero-order valence-corrected chi connectivity index (χ0v) is 28.1. The highest BCUT2D eigenvalue weighted by Gasteiger charge is 2.30. The third kappa shape index (κ3) is 5.79. The molecule has 0 N–H and O–H groups in total. The summed E-state index contributed by atoms with van der Waals surface area (Å²) in [6, 6.07) is 12.7. The van der Waals surface area contributed by atoms with E-state index < -0.39 is 23.4 Å². The van der Waals surface area contributed by atoms with Crippen LogP contribution in [0.3, 0.4) is 0 Å². The Bertz CT molecular complexity index is 2090. The highest BCUT2D eigenvalue weighted by Crippen LogP contribution is 2.47. The molecule has 0 saturated heterocycles. The van der Waals surface area contributed by atoms with Gasteiger partial charge >= 0.3 is 0 Å². The zero-order valence-electron chi connectivity index (χ0n) is 27.3. The second kappa shape index (κ2) is 12.5. The van der Waals surface area contributed by atoms with E-state index in [0.29, 0.717) is 35.2 Å². The van der Waals surface area contributed by atoms with Crippen LogP contribution in [0.2, 0.25) is 0 Å². The summed E-state index contributed by atoms with van der Waals surface area (Å²) in [5.74, 6) is -3.24. The number of hydrogen-bond acceptors (Lipinski definition) is 6. The van der Waals surface area contributed by atoms with Crippen LogP contribution in [0.15, 0.2) is 60.3 Å². The molecular weight excluding hydrogens is 636 g/mol. The molecule has 5 aromatic rings. The number of aromatic nitrogens is 3. The molecule has 0 bridgehead atoms. The molecule has 1 amide bonds. The fourth-order valence-corrected chi connectivity index (χ4v) is 7.64. The molecule has 5 heterocycles. The molecule has 7 rings (SSSR count). The summed E-state index contributed by atoms with van der Waals surface area (Å²) in [7, 11) is 0. The van der Waals surface area contributed by atoms with Crippen LogP contribution >= 0.6 is 11.3 Å². The van der Waals surface area contributed by atoms with Gasteiger partial charge in [0.05, 0.1) is 36.1 Å². The van der Waals surface area contributed by atoms with Gasteiger partial charge in [0.15, 0.2) is 5.83 Å². The van der Waals surface area contributed by atoms with Crippen molar-refractivity contribution in [3.05, 3.63) is 88.7 Å². The van der Waals surface area contributed by atoms with Crippen molar-refractivity contribution in [1.82, 2.24) is 24.6 Å². The molecule has 2 aliphatic heterocycles. The van der Waals surface area contributed by atoms with Crippen molar-refractivity contribution < 1.29 is 22.7 Å². The Balaban J connectivity index is 1.45. The SMILES string of the molecule is C=C(F)C(=O)N1CCn2nc(-c3nc(-c4ccc5c(c4)CCN(C(C)C)C5)c4ccsc4c3-c3c(F)cc(F)cc3OC(C)C)cc2C1.